The van der Waals surface area contributed by atoms with Gasteiger partial charge in [-0.15, -0.1) is 5.10 Å². The maximum absolute atomic E-state index is 13.9. The van der Waals surface area contributed by atoms with Crippen LogP contribution in [0.15, 0.2) is 66.9 Å². The van der Waals surface area contributed by atoms with E-state index in [-0.39, 0.29) is 16.4 Å². The number of amides is 2. The van der Waals surface area contributed by atoms with Gasteiger partial charge in [0.1, 0.15) is 6.54 Å². The molecule has 4 heterocycles. The molecule has 0 saturated carbocycles. The van der Waals surface area contributed by atoms with E-state index in [2.05, 4.69) is 15.5 Å². The quantitative estimate of drug-likeness (QED) is 0.436. The monoisotopic (exact) mass is 483 g/mol. The van der Waals surface area contributed by atoms with Gasteiger partial charge in [-0.3, -0.25) is 5.32 Å². The molecule has 2 bridgehead atoms. The van der Waals surface area contributed by atoms with Crippen molar-refractivity contribution in [2.75, 3.05) is 25.0 Å². The molecule has 1 aromatic heterocycles. The van der Waals surface area contributed by atoms with E-state index in [1.807, 2.05) is 48.6 Å². The number of esters is 1. The van der Waals surface area contributed by atoms with Gasteiger partial charge in [0.05, 0.1) is 13.1 Å². The molecule has 2 amide bonds. The van der Waals surface area contributed by atoms with Crippen LogP contribution in [0, 0.1) is 5.92 Å². The van der Waals surface area contributed by atoms with Gasteiger partial charge >= 0.3 is 12.0 Å². The Morgan fingerprint density at radius 3 is 2.19 bits per heavy atom. The minimum absolute atomic E-state index is 0.149. The Bertz CT molecular complexity index is 1300. The topological polar surface area (TPSA) is 101 Å². The summed E-state index contributed by atoms with van der Waals surface area (Å²) in [4.78, 5) is 27.2. The average molecular weight is 484 g/mol. The number of ether oxygens (including phenoxy) is 1. The number of rotatable bonds is 3. The summed E-state index contributed by atoms with van der Waals surface area (Å²) in [6.45, 7) is 1.70. The zero-order valence-corrected chi connectivity index (χ0v) is 19.7. The Hall–Kier alpha value is -3.88. The van der Waals surface area contributed by atoms with Crippen molar-refractivity contribution in [1.82, 2.24) is 10.2 Å². The number of carbonyl (C=O) groups is 2. The molecule has 3 fully saturated rings. The molecule has 4 aliphatic rings. The largest absolute Gasteiger partial charge is 0.453 e. The number of nitrogens with zero attached hydrogens (tertiary/aromatic N) is 3. The van der Waals surface area contributed by atoms with E-state index < -0.39 is 17.7 Å². The summed E-state index contributed by atoms with van der Waals surface area (Å²) in [5.41, 5.74) is 0.529. The van der Waals surface area contributed by atoms with Gasteiger partial charge in [-0.25, -0.2) is 14.1 Å². The maximum atomic E-state index is 13.9. The predicted molar refractivity (Wildman–Crippen MR) is 133 cm³/mol. The summed E-state index contributed by atoms with van der Waals surface area (Å²) >= 11 is 0. The second-order valence-electron chi connectivity index (χ2n) is 9.81. The summed E-state index contributed by atoms with van der Waals surface area (Å²) in [5.74, 6) is -0.168. The predicted octanol–water partition coefficient (Wildman–Crippen LogP) is 3.58. The molecule has 2 N–H and O–H groups in total. The van der Waals surface area contributed by atoms with E-state index in [9.17, 15) is 14.7 Å². The van der Waals surface area contributed by atoms with Crippen molar-refractivity contribution in [2.24, 2.45) is 5.92 Å². The number of quaternary nitrogens is 1. The third kappa shape index (κ3) is 3.61. The number of carbonyl (C=O) groups excluding carboxylic acids is 2. The van der Waals surface area contributed by atoms with Crippen LogP contribution in [0.4, 0.5) is 10.6 Å². The van der Waals surface area contributed by atoms with E-state index in [4.69, 9.17) is 4.74 Å². The van der Waals surface area contributed by atoms with Gasteiger partial charge in [0.25, 0.3) is 0 Å². The molecule has 0 radical (unpaired) electrons. The summed E-state index contributed by atoms with van der Waals surface area (Å²) in [6.07, 6.45) is 6.41. The molecule has 1 aliphatic carbocycles. The van der Waals surface area contributed by atoms with Gasteiger partial charge in [-0.2, -0.15) is 5.10 Å². The SMILES string of the molecule is O=C(O[C@H]1C[N+]2(C(=O)Nc3cccnn3)CCC1CC2)C1(O)c2ccccc2C=Cc2ccccc21. The van der Waals surface area contributed by atoms with Crippen LogP contribution in [0.1, 0.15) is 35.1 Å². The van der Waals surface area contributed by atoms with E-state index in [1.54, 1.807) is 30.5 Å². The van der Waals surface area contributed by atoms with Crippen LogP contribution in [0.5, 0.6) is 0 Å². The number of fused-ring (bicyclic) bond motifs is 5. The lowest BCUT2D eigenvalue weighted by atomic mass is 9.81. The van der Waals surface area contributed by atoms with Crippen molar-refractivity contribution in [3.05, 3.63) is 89.1 Å². The number of hydrogen-bond donors (Lipinski definition) is 2. The number of hydrogen-bond acceptors (Lipinski definition) is 6. The molecular formula is C28H27N4O4+. The number of aromatic nitrogens is 2. The van der Waals surface area contributed by atoms with E-state index >= 15 is 0 Å². The summed E-state index contributed by atoms with van der Waals surface area (Å²) in [6, 6.07) is 17.9. The zero-order chi connectivity index (χ0) is 24.8. The zero-order valence-electron chi connectivity index (χ0n) is 19.7. The third-order valence-electron chi connectivity index (χ3n) is 7.85. The van der Waals surface area contributed by atoms with Crippen molar-refractivity contribution >= 4 is 30.0 Å². The lowest BCUT2D eigenvalue weighted by Crippen LogP contribution is -2.68. The van der Waals surface area contributed by atoms with Crippen molar-refractivity contribution in [2.45, 2.75) is 24.5 Å². The normalized spacial score (nSPS) is 25.2. The summed E-state index contributed by atoms with van der Waals surface area (Å²) < 4.78 is 6.29. The Morgan fingerprint density at radius 2 is 1.58 bits per heavy atom. The van der Waals surface area contributed by atoms with Crippen LogP contribution < -0.4 is 5.32 Å². The van der Waals surface area contributed by atoms with E-state index in [0.29, 0.717) is 36.6 Å². The standard InChI is InChI=1S/C28H26N4O4/c33-26(28(35)22-8-3-1-6-19(22)11-12-20-7-2-4-9-23(20)28)36-24-18-32(16-13-21(24)14-17-32)27(34)30-25-10-5-15-29-31-25/h1-12,15,21,24,35H,13-14,16-18H2/p+1/t21?,24-,32?/m0/s1. The second kappa shape index (κ2) is 8.65. The molecule has 7 rings (SSSR count). The highest BCUT2D eigenvalue weighted by Crippen LogP contribution is 2.41. The average Bonchev–Trinajstić information content (AvgIpc) is 3.05. The van der Waals surface area contributed by atoms with Crippen molar-refractivity contribution < 1.29 is 23.9 Å². The Labute approximate surface area is 208 Å². The van der Waals surface area contributed by atoms with Gasteiger partial charge in [0.15, 0.2) is 11.9 Å². The van der Waals surface area contributed by atoms with Gasteiger partial charge in [-0.05, 0) is 23.3 Å². The fourth-order valence-corrected chi connectivity index (χ4v) is 5.86. The van der Waals surface area contributed by atoms with Crippen LogP contribution in [0.25, 0.3) is 12.2 Å². The van der Waals surface area contributed by atoms with Crippen LogP contribution in [0.3, 0.4) is 0 Å². The fourth-order valence-electron chi connectivity index (χ4n) is 5.86. The highest BCUT2D eigenvalue weighted by atomic mass is 16.6. The molecule has 8 nitrogen and oxygen atoms in total. The Balaban J connectivity index is 1.30. The fraction of sp³-hybridized carbons (Fsp3) is 0.286. The molecule has 0 spiro atoms. The van der Waals surface area contributed by atoms with E-state index in [0.717, 1.165) is 24.0 Å². The summed E-state index contributed by atoms with van der Waals surface area (Å²) in [5, 5.41) is 22.7. The molecule has 2 aromatic carbocycles. The number of urea groups is 1. The van der Waals surface area contributed by atoms with Crippen molar-refractivity contribution in [3.63, 3.8) is 0 Å². The van der Waals surface area contributed by atoms with Gasteiger partial charge < -0.3 is 9.84 Å². The first kappa shape index (κ1) is 22.6. The molecule has 3 saturated heterocycles. The smallest absolute Gasteiger partial charge is 0.422 e. The number of aliphatic hydroxyl groups is 1. The maximum Gasteiger partial charge on any atom is 0.422 e. The first-order valence-electron chi connectivity index (χ1n) is 12.3. The molecule has 8 heteroatoms. The first-order valence-corrected chi connectivity index (χ1v) is 12.3. The summed E-state index contributed by atoms with van der Waals surface area (Å²) in [7, 11) is 0. The van der Waals surface area contributed by atoms with Gasteiger partial charge in [0, 0.05) is 36.1 Å². The molecule has 36 heavy (non-hydrogen) atoms. The number of nitrogens with one attached hydrogen (secondary N) is 1. The van der Waals surface area contributed by atoms with E-state index in [1.165, 1.54) is 0 Å². The highest BCUT2D eigenvalue weighted by molar-refractivity contribution is 5.92. The Kier molecular flexibility index (Phi) is 5.43. The molecule has 3 aliphatic heterocycles. The third-order valence-corrected chi connectivity index (χ3v) is 7.85. The minimum atomic E-state index is -1.96. The number of benzene rings is 2. The van der Waals surface area contributed by atoms with Crippen LogP contribution in [-0.2, 0) is 15.1 Å². The number of piperidine rings is 3. The van der Waals surface area contributed by atoms with Gasteiger partial charge in [0.2, 0.25) is 5.60 Å². The van der Waals surface area contributed by atoms with Crippen LogP contribution in [-0.4, -0.2) is 57.5 Å². The molecule has 3 aromatic rings. The highest BCUT2D eigenvalue weighted by Gasteiger charge is 2.54. The Morgan fingerprint density at radius 1 is 0.944 bits per heavy atom. The molecule has 0 unspecified atom stereocenters. The molecular weight excluding hydrogens is 456 g/mol. The second-order valence-corrected chi connectivity index (χ2v) is 9.81. The molecule has 182 valence electrons. The number of anilines is 1. The lowest BCUT2D eigenvalue weighted by molar-refractivity contribution is -0.869. The lowest BCUT2D eigenvalue weighted by Gasteiger charge is -2.49. The minimum Gasteiger partial charge on any atom is -0.453 e. The van der Waals surface area contributed by atoms with Crippen molar-refractivity contribution in [1.29, 1.82) is 0 Å². The first-order chi connectivity index (χ1) is 17.5. The van der Waals surface area contributed by atoms with Crippen LogP contribution in [0.2, 0.25) is 0 Å². The van der Waals surface area contributed by atoms with Crippen molar-refractivity contribution in [3.8, 4) is 0 Å². The van der Waals surface area contributed by atoms with Crippen LogP contribution >= 0.6 is 0 Å². The van der Waals surface area contributed by atoms with Gasteiger partial charge in [-0.1, -0.05) is 60.7 Å². The molecule has 1 atom stereocenters.